The minimum Gasteiger partial charge on any atom is -0.512 e. The number of pyridine rings is 1. The molecule has 0 saturated heterocycles. The molecule has 1 aromatic heterocycles. The summed E-state index contributed by atoms with van der Waals surface area (Å²) < 4.78 is 5.54. The number of aliphatic hydroxyl groups is 1. The van der Waals surface area contributed by atoms with E-state index in [0.29, 0.717) is 0 Å². The third kappa shape index (κ3) is 6.81. The largest absolute Gasteiger partial charge is 0.512 e. The van der Waals surface area contributed by atoms with Crippen LogP contribution >= 0.6 is 0 Å². The van der Waals surface area contributed by atoms with E-state index in [1.54, 1.807) is 7.11 Å². The summed E-state index contributed by atoms with van der Waals surface area (Å²) in [7, 11) is 1.68. The van der Waals surface area contributed by atoms with Gasteiger partial charge in [-0.2, -0.15) is 0 Å². The molecule has 0 spiro atoms. The minimum absolute atomic E-state index is 0. The van der Waals surface area contributed by atoms with E-state index in [1.165, 1.54) is 31.1 Å². The van der Waals surface area contributed by atoms with Gasteiger partial charge in [0, 0.05) is 37.3 Å². The van der Waals surface area contributed by atoms with E-state index in [9.17, 15) is 4.79 Å². The second-order valence-corrected chi connectivity index (χ2v) is 6.87. The van der Waals surface area contributed by atoms with Gasteiger partial charge in [-0.3, -0.25) is 9.78 Å². The van der Waals surface area contributed by atoms with Gasteiger partial charge in [0.1, 0.15) is 5.75 Å². The summed E-state index contributed by atoms with van der Waals surface area (Å²) >= 11 is 0. The van der Waals surface area contributed by atoms with E-state index >= 15 is 0 Å². The van der Waals surface area contributed by atoms with Crippen molar-refractivity contribution < 1.29 is 34.7 Å². The zero-order valence-corrected chi connectivity index (χ0v) is 20.0. The van der Waals surface area contributed by atoms with Gasteiger partial charge in [0.25, 0.3) is 0 Å². The van der Waals surface area contributed by atoms with Crippen molar-refractivity contribution in [1.82, 2.24) is 4.98 Å². The number of benzene rings is 2. The number of fused-ring (bicyclic) bond motifs is 1. The Bertz CT molecular complexity index is 1040. The molecule has 0 amide bonds. The molecule has 155 valence electrons. The van der Waals surface area contributed by atoms with Crippen molar-refractivity contribution in [2.45, 2.75) is 34.6 Å². The number of ketones is 1. The SMILES string of the molecule is CC(=O)/C=C(/C)O.COc1cc2ccc(C)cc2nc1-c1[c-]cc(C)cc1C.[Ir]. The number of carbonyl (C=O) groups is 1. The fraction of sp³-hybridized carbons (Fsp3) is 0.250. The van der Waals surface area contributed by atoms with Crippen LogP contribution in [0.25, 0.3) is 22.2 Å². The number of aromatic nitrogens is 1. The van der Waals surface area contributed by atoms with Crippen LogP contribution in [0.15, 0.2) is 48.2 Å². The van der Waals surface area contributed by atoms with Crippen molar-refractivity contribution in [3.63, 3.8) is 0 Å². The topological polar surface area (TPSA) is 59.4 Å². The molecule has 3 rings (SSSR count). The van der Waals surface area contributed by atoms with E-state index in [4.69, 9.17) is 14.8 Å². The molecule has 0 aliphatic carbocycles. The van der Waals surface area contributed by atoms with E-state index in [0.717, 1.165) is 33.5 Å². The predicted molar refractivity (Wildman–Crippen MR) is 114 cm³/mol. The zero-order valence-electron chi connectivity index (χ0n) is 17.6. The minimum atomic E-state index is -0.125. The van der Waals surface area contributed by atoms with Gasteiger partial charge in [0.15, 0.2) is 5.78 Å². The molecular formula is C24H26IrNO3-. The second-order valence-electron chi connectivity index (χ2n) is 6.87. The number of allylic oxidation sites excluding steroid dienone is 2. The number of hydrogen-bond donors (Lipinski definition) is 1. The van der Waals surface area contributed by atoms with Crippen LogP contribution in [0.2, 0.25) is 0 Å². The van der Waals surface area contributed by atoms with E-state index in [2.05, 4.69) is 51.1 Å². The molecule has 1 radical (unpaired) electrons. The first-order valence-electron chi connectivity index (χ1n) is 9.03. The molecule has 5 heteroatoms. The van der Waals surface area contributed by atoms with Crippen molar-refractivity contribution in [2.75, 3.05) is 7.11 Å². The first kappa shape index (κ1) is 24.5. The first-order chi connectivity index (χ1) is 13.2. The van der Waals surface area contributed by atoms with Gasteiger partial charge in [-0.1, -0.05) is 26.0 Å². The fourth-order valence-corrected chi connectivity index (χ4v) is 2.90. The summed E-state index contributed by atoms with van der Waals surface area (Å²) in [5, 5.41) is 9.45. The Hall–Kier alpha value is -2.49. The number of aryl methyl sites for hydroxylation is 3. The van der Waals surface area contributed by atoms with Crippen LogP contribution in [0.3, 0.4) is 0 Å². The van der Waals surface area contributed by atoms with Gasteiger partial charge in [0.05, 0.1) is 18.4 Å². The third-order valence-electron chi connectivity index (χ3n) is 4.09. The number of ether oxygens (including phenoxy) is 1. The van der Waals surface area contributed by atoms with Gasteiger partial charge < -0.3 is 9.84 Å². The Balaban J connectivity index is 0.000000456. The molecule has 0 saturated carbocycles. The fourth-order valence-electron chi connectivity index (χ4n) is 2.90. The molecule has 0 aliphatic rings. The average molecular weight is 569 g/mol. The quantitative estimate of drug-likeness (QED) is 0.251. The Morgan fingerprint density at radius 2 is 1.79 bits per heavy atom. The molecule has 3 aromatic rings. The average Bonchev–Trinajstić information content (AvgIpc) is 2.60. The van der Waals surface area contributed by atoms with Crippen molar-refractivity contribution in [2.24, 2.45) is 0 Å². The maximum absolute atomic E-state index is 10.0. The van der Waals surface area contributed by atoms with Crippen LogP contribution < -0.4 is 4.74 Å². The van der Waals surface area contributed by atoms with Crippen LogP contribution in [0, 0.1) is 26.8 Å². The molecule has 4 nitrogen and oxygen atoms in total. The molecule has 0 fully saturated rings. The zero-order chi connectivity index (χ0) is 20.8. The molecular weight excluding hydrogens is 542 g/mol. The monoisotopic (exact) mass is 569 g/mol. The molecule has 1 N–H and O–H groups in total. The van der Waals surface area contributed by atoms with Crippen molar-refractivity contribution in [1.29, 1.82) is 0 Å². The molecule has 0 aliphatic heterocycles. The Morgan fingerprint density at radius 1 is 1.10 bits per heavy atom. The van der Waals surface area contributed by atoms with Gasteiger partial charge in [-0.25, -0.2) is 0 Å². The molecule has 0 atom stereocenters. The Labute approximate surface area is 186 Å². The smallest absolute Gasteiger partial charge is 0.155 e. The summed E-state index contributed by atoms with van der Waals surface area (Å²) in [6, 6.07) is 15.8. The Kier molecular flexibility index (Phi) is 9.22. The van der Waals surface area contributed by atoms with Crippen molar-refractivity contribution >= 4 is 16.7 Å². The van der Waals surface area contributed by atoms with Gasteiger partial charge in [-0.15, -0.1) is 34.9 Å². The second kappa shape index (κ2) is 10.9. The van der Waals surface area contributed by atoms with Gasteiger partial charge in [-0.05, 0) is 38.5 Å². The number of aliphatic hydroxyl groups excluding tert-OH is 1. The number of carbonyl (C=O) groups excluding carboxylic acids is 1. The van der Waals surface area contributed by atoms with Crippen LogP contribution in [0.1, 0.15) is 30.5 Å². The van der Waals surface area contributed by atoms with Crippen LogP contribution in [-0.4, -0.2) is 23.0 Å². The molecule has 0 unspecified atom stereocenters. The third-order valence-corrected chi connectivity index (χ3v) is 4.09. The summed E-state index contributed by atoms with van der Waals surface area (Å²) in [5.74, 6) is 0.724. The van der Waals surface area contributed by atoms with E-state index in [1.807, 2.05) is 12.1 Å². The van der Waals surface area contributed by atoms with E-state index in [-0.39, 0.29) is 31.6 Å². The Morgan fingerprint density at radius 3 is 2.31 bits per heavy atom. The number of methoxy groups -OCH3 is 1. The summed E-state index contributed by atoms with van der Waals surface area (Å²) in [4.78, 5) is 14.8. The normalized spacial score (nSPS) is 10.6. The van der Waals surface area contributed by atoms with Crippen LogP contribution in [-0.2, 0) is 24.9 Å². The number of rotatable bonds is 3. The first-order valence-corrected chi connectivity index (χ1v) is 9.03. The predicted octanol–water partition coefficient (Wildman–Crippen LogP) is 5.67. The molecule has 0 bridgehead atoms. The number of nitrogens with zero attached hydrogens (tertiary/aromatic N) is 1. The van der Waals surface area contributed by atoms with Gasteiger partial charge >= 0.3 is 0 Å². The summed E-state index contributed by atoms with van der Waals surface area (Å²) in [6.07, 6.45) is 1.17. The van der Waals surface area contributed by atoms with Crippen LogP contribution in [0.4, 0.5) is 0 Å². The number of hydrogen-bond acceptors (Lipinski definition) is 4. The van der Waals surface area contributed by atoms with E-state index < -0.39 is 0 Å². The van der Waals surface area contributed by atoms with Crippen molar-refractivity contribution in [3.05, 3.63) is 71.0 Å². The molecule has 2 aromatic carbocycles. The summed E-state index contributed by atoms with van der Waals surface area (Å²) in [6.45, 7) is 9.08. The molecule has 1 heterocycles. The van der Waals surface area contributed by atoms with Crippen molar-refractivity contribution in [3.8, 4) is 17.0 Å². The standard InChI is InChI=1S/C19H18NO.C5H8O2.Ir/c1-12-6-8-16(14(3)9-12)19-18(21-4)11-15-7-5-13(2)10-17(15)20-19;1-4(6)3-5(2)7;/h5-7,9-11H,1-4H3;3,6H,1-2H3;/q-1;;/b;4-3-;. The van der Waals surface area contributed by atoms with Gasteiger partial charge in [0.2, 0.25) is 0 Å². The van der Waals surface area contributed by atoms with Crippen LogP contribution in [0.5, 0.6) is 5.75 Å². The molecule has 29 heavy (non-hydrogen) atoms. The maximum Gasteiger partial charge on any atom is 0.155 e. The summed E-state index contributed by atoms with van der Waals surface area (Å²) in [5.41, 5.74) is 6.41. The maximum atomic E-state index is 10.0.